The standard InChI is InChI=1S/C10H14ClN3O/c1-15-9-6-12-5-8(9)14-10-3-2-7(11)4-13-10/h2-4,8-9,12H,5-6H2,1H3,(H,13,14). The number of nitrogens with zero attached hydrogens (tertiary/aromatic N) is 1. The normalized spacial score (nSPS) is 25.5. The van der Waals surface area contributed by atoms with Crippen LogP contribution < -0.4 is 10.6 Å². The third-order valence-electron chi connectivity index (χ3n) is 2.52. The van der Waals surface area contributed by atoms with Crippen molar-refractivity contribution in [3.05, 3.63) is 23.4 Å². The highest BCUT2D eigenvalue weighted by Gasteiger charge is 2.26. The molecule has 1 aromatic rings. The van der Waals surface area contributed by atoms with Gasteiger partial charge < -0.3 is 15.4 Å². The predicted octanol–water partition coefficient (Wildman–Crippen LogP) is 1.13. The number of aromatic nitrogens is 1. The van der Waals surface area contributed by atoms with Gasteiger partial charge in [0.15, 0.2) is 0 Å². The topological polar surface area (TPSA) is 46.2 Å². The first-order valence-electron chi connectivity index (χ1n) is 4.91. The molecule has 82 valence electrons. The minimum atomic E-state index is 0.197. The van der Waals surface area contributed by atoms with E-state index >= 15 is 0 Å². The number of methoxy groups -OCH3 is 1. The highest BCUT2D eigenvalue weighted by atomic mass is 35.5. The molecule has 1 saturated heterocycles. The fourth-order valence-corrected chi connectivity index (χ4v) is 1.81. The minimum Gasteiger partial charge on any atom is -0.378 e. The van der Waals surface area contributed by atoms with Crippen LogP contribution in [-0.4, -0.2) is 37.3 Å². The van der Waals surface area contributed by atoms with Crippen LogP contribution in [0.25, 0.3) is 0 Å². The van der Waals surface area contributed by atoms with E-state index in [0.29, 0.717) is 5.02 Å². The summed E-state index contributed by atoms with van der Waals surface area (Å²) in [4.78, 5) is 4.18. The summed E-state index contributed by atoms with van der Waals surface area (Å²) in [7, 11) is 1.72. The maximum absolute atomic E-state index is 5.76. The maximum Gasteiger partial charge on any atom is 0.126 e. The molecule has 2 unspecified atom stereocenters. The maximum atomic E-state index is 5.76. The number of hydrogen-bond donors (Lipinski definition) is 2. The number of halogens is 1. The van der Waals surface area contributed by atoms with Gasteiger partial charge in [0, 0.05) is 26.4 Å². The Morgan fingerprint density at radius 3 is 3.07 bits per heavy atom. The molecule has 0 aliphatic carbocycles. The molecule has 0 aromatic carbocycles. The van der Waals surface area contributed by atoms with Gasteiger partial charge in [-0.1, -0.05) is 11.6 Å². The predicted molar refractivity (Wildman–Crippen MR) is 60.3 cm³/mol. The van der Waals surface area contributed by atoms with Gasteiger partial charge in [-0.3, -0.25) is 0 Å². The molecule has 15 heavy (non-hydrogen) atoms. The average molecular weight is 228 g/mol. The van der Waals surface area contributed by atoms with Crippen molar-refractivity contribution in [1.29, 1.82) is 0 Å². The van der Waals surface area contributed by atoms with Crippen LogP contribution in [0.4, 0.5) is 5.82 Å². The molecule has 2 rings (SSSR count). The summed E-state index contributed by atoms with van der Waals surface area (Å²) in [5, 5.41) is 7.22. The SMILES string of the molecule is COC1CNCC1Nc1ccc(Cl)cn1. The number of ether oxygens (including phenoxy) is 1. The summed E-state index contributed by atoms with van der Waals surface area (Å²) in [6.45, 7) is 1.77. The molecule has 2 N–H and O–H groups in total. The fraction of sp³-hybridized carbons (Fsp3) is 0.500. The van der Waals surface area contributed by atoms with Crippen LogP contribution in [-0.2, 0) is 4.74 Å². The second-order valence-corrected chi connectivity index (χ2v) is 3.98. The molecule has 1 fully saturated rings. The largest absolute Gasteiger partial charge is 0.378 e. The van der Waals surface area contributed by atoms with Crippen LogP contribution in [0.3, 0.4) is 0 Å². The van der Waals surface area contributed by atoms with Gasteiger partial charge in [-0.2, -0.15) is 0 Å². The van der Waals surface area contributed by atoms with E-state index in [9.17, 15) is 0 Å². The lowest BCUT2D eigenvalue weighted by Crippen LogP contribution is -2.33. The molecule has 1 aromatic heterocycles. The Morgan fingerprint density at radius 2 is 2.40 bits per heavy atom. The fourth-order valence-electron chi connectivity index (χ4n) is 1.70. The minimum absolute atomic E-state index is 0.197. The zero-order chi connectivity index (χ0) is 10.7. The molecule has 0 saturated carbocycles. The van der Waals surface area contributed by atoms with E-state index in [1.54, 1.807) is 13.3 Å². The summed E-state index contributed by atoms with van der Waals surface area (Å²) >= 11 is 5.76. The van der Waals surface area contributed by atoms with Crippen molar-refractivity contribution in [2.75, 3.05) is 25.5 Å². The van der Waals surface area contributed by atoms with Gasteiger partial charge in [0.25, 0.3) is 0 Å². The molecule has 0 amide bonds. The van der Waals surface area contributed by atoms with Crippen molar-refractivity contribution in [1.82, 2.24) is 10.3 Å². The third kappa shape index (κ3) is 2.59. The second kappa shape index (κ2) is 4.79. The molecular weight excluding hydrogens is 214 g/mol. The molecule has 2 heterocycles. The van der Waals surface area contributed by atoms with E-state index in [2.05, 4.69) is 15.6 Å². The Labute approximate surface area is 94.0 Å². The van der Waals surface area contributed by atoms with Gasteiger partial charge in [0.05, 0.1) is 17.2 Å². The van der Waals surface area contributed by atoms with Crippen LogP contribution in [0.2, 0.25) is 5.02 Å². The number of pyridine rings is 1. The molecule has 5 heteroatoms. The monoisotopic (exact) mass is 227 g/mol. The summed E-state index contributed by atoms with van der Waals surface area (Å²) in [6, 6.07) is 3.96. The van der Waals surface area contributed by atoms with E-state index in [0.717, 1.165) is 18.9 Å². The van der Waals surface area contributed by atoms with Crippen LogP contribution in [0.1, 0.15) is 0 Å². The molecule has 1 aliphatic heterocycles. The number of anilines is 1. The molecule has 1 aliphatic rings. The van der Waals surface area contributed by atoms with Crippen molar-refractivity contribution >= 4 is 17.4 Å². The van der Waals surface area contributed by atoms with Gasteiger partial charge in [0.1, 0.15) is 5.82 Å². The molecule has 0 radical (unpaired) electrons. The Hall–Kier alpha value is -0.840. The van der Waals surface area contributed by atoms with Crippen LogP contribution in [0, 0.1) is 0 Å². The Balaban J connectivity index is 1.99. The molecule has 0 spiro atoms. The van der Waals surface area contributed by atoms with Crippen molar-refractivity contribution < 1.29 is 4.74 Å². The smallest absolute Gasteiger partial charge is 0.126 e. The van der Waals surface area contributed by atoms with Crippen LogP contribution in [0.5, 0.6) is 0 Å². The highest BCUT2D eigenvalue weighted by Crippen LogP contribution is 2.13. The summed E-state index contributed by atoms with van der Waals surface area (Å²) in [5.41, 5.74) is 0. The van der Waals surface area contributed by atoms with E-state index in [-0.39, 0.29) is 12.1 Å². The van der Waals surface area contributed by atoms with Gasteiger partial charge in [0.2, 0.25) is 0 Å². The van der Waals surface area contributed by atoms with Crippen LogP contribution >= 0.6 is 11.6 Å². The van der Waals surface area contributed by atoms with Crippen molar-refractivity contribution in [3.8, 4) is 0 Å². The Morgan fingerprint density at radius 1 is 1.53 bits per heavy atom. The lowest BCUT2D eigenvalue weighted by molar-refractivity contribution is 0.111. The molecule has 0 bridgehead atoms. The molecule has 2 atom stereocenters. The Kier molecular flexibility index (Phi) is 3.41. The van der Waals surface area contributed by atoms with Crippen molar-refractivity contribution in [2.24, 2.45) is 0 Å². The van der Waals surface area contributed by atoms with Gasteiger partial charge in [-0.15, -0.1) is 0 Å². The number of nitrogens with one attached hydrogen (secondary N) is 2. The summed E-state index contributed by atoms with van der Waals surface area (Å²) < 4.78 is 5.34. The average Bonchev–Trinajstić information content (AvgIpc) is 2.69. The van der Waals surface area contributed by atoms with E-state index in [1.807, 2.05) is 12.1 Å². The first-order chi connectivity index (χ1) is 7.29. The van der Waals surface area contributed by atoms with Gasteiger partial charge in [-0.05, 0) is 12.1 Å². The molecular formula is C10H14ClN3O. The zero-order valence-electron chi connectivity index (χ0n) is 8.53. The summed E-state index contributed by atoms with van der Waals surface area (Å²) in [5.74, 6) is 0.829. The van der Waals surface area contributed by atoms with Crippen molar-refractivity contribution in [3.63, 3.8) is 0 Å². The zero-order valence-corrected chi connectivity index (χ0v) is 9.29. The highest BCUT2D eigenvalue weighted by molar-refractivity contribution is 6.30. The second-order valence-electron chi connectivity index (χ2n) is 3.54. The van der Waals surface area contributed by atoms with E-state index in [4.69, 9.17) is 16.3 Å². The van der Waals surface area contributed by atoms with Gasteiger partial charge >= 0.3 is 0 Å². The Bertz CT molecular complexity index is 317. The lowest BCUT2D eigenvalue weighted by atomic mass is 10.2. The number of rotatable bonds is 3. The molecule has 4 nitrogen and oxygen atoms in total. The van der Waals surface area contributed by atoms with Gasteiger partial charge in [-0.25, -0.2) is 4.98 Å². The lowest BCUT2D eigenvalue weighted by Gasteiger charge is -2.18. The third-order valence-corrected chi connectivity index (χ3v) is 2.75. The summed E-state index contributed by atoms with van der Waals surface area (Å²) in [6.07, 6.45) is 1.83. The first kappa shape index (κ1) is 10.7. The quantitative estimate of drug-likeness (QED) is 0.813. The first-order valence-corrected chi connectivity index (χ1v) is 5.29. The van der Waals surface area contributed by atoms with E-state index < -0.39 is 0 Å². The van der Waals surface area contributed by atoms with Crippen molar-refractivity contribution in [2.45, 2.75) is 12.1 Å². The number of hydrogen-bond acceptors (Lipinski definition) is 4. The van der Waals surface area contributed by atoms with Crippen LogP contribution in [0.15, 0.2) is 18.3 Å². The van der Waals surface area contributed by atoms with E-state index in [1.165, 1.54) is 0 Å².